The fraction of sp³-hybridized carbons (Fsp3) is 0.308. The van der Waals surface area contributed by atoms with Crippen molar-refractivity contribution in [1.82, 2.24) is 9.55 Å². The number of nitrogens with one attached hydrogen (secondary N) is 1. The third-order valence-electron chi connectivity index (χ3n) is 3.28. The van der Waals surface area contributed by atoms with Crippen LogP contribution in [-0.4, -0.2) is 28.8 Å². The molecule has 2 aromatic rings. The van der Waals surface area contributed by atoms with Gasteiger partial charge in [0.05, 0.1) is 11.9 Å². The Hall–Kier alpha value is -2.17. The molecule has 2 heterocycles. The number of aromatic hydroxyl groups is 1. The molecule has 0 fully saturated rings. The van der Waals surface area contributed by atoms with Gasteiger partial charge in [0.2, 0.25) is 11.8 Å². The standard InChI is InChI=1S/C13H16N4O/c1-8-4-5-10-9(12(8)16(2)3)6-14-13-15-11(18)7-17(10)13/h4-5,7,18H,6H2,1-3H3,(H,14,15). The molecule has 1 aliphatic rings. The minimum Gasteiger partial charge on any atom is -0.492 e. The Morgan fingerprint density at radius 3 is 2.89 bits per heavy atom. The molecule has 0 aliphatic carbocycles. The molecule has 1 aliphatic heterocycles. The molecule has 0 atom stereocenters. The summed E-state index contributed by atoms with van der Waals surface area (Å²) >= 11 is 0. The van der Waals surface area contributed by atoms with Crippen LogP contribution in [0.4, 0.5) is 11.6 Å². The number of fused-ring (bicyclic) bond motifs is 3. The predicted molar refractivity (Wildman–Crippen MR) is 71.6 cm³/mol. The normalized spacial score (nSPS) is 12.6. The van der Waals surface area contributed by atoms with E-state index < -0.39 is 0 Å². The SMILES string of the molecule is Cc1ccc2c(c1N(C)C)CNc1nc(O)cn1-2. The highest BCUT2D eigenvalue weighted by Gasteiger charge is 2.21. The number of imidazole rings is 1. The molecule has 5 nitrogen and oxygen atoms in total. The van der Waals surface area contributed by atoms with Gasteiger partial charge in [-0.15, -0.1) is 0 Å². The highest BCUT2D eigenvalue weighted by atomic mass is 16.3. The zero-order chi connectivity index (χ0) is 12.9. The largest absolute Gasteiger partial charge is 0.492 e. The Bertz CT molecular complexity index is 616. The van der Waals surface area contributed by atoms with Crippen molar-refractivity contribution in [2.24, 2.45) is 0 Å². The molecule has 0 saturated heterocycles. The fourth-order valence-corrected chi connectivity index (χ4v) is 2.61. The smallest absolute Gasteiger partial charge is 0.231 e. The molecule has 0 saturated carbocycles. The number of aromatic nitrogens is 2. The number of anilines is 2. The van der Waals surface area contributed by atoms with Gasteiger partial charge in [0.1, 0.15) is 0 Å². The molecule has 1 aromatic heterocycles. The maximum Gasteiger partial charge on any atom is 0.231 e. The zero-order valence-electron chi connectivity index (χ0n) is 10.7. The Kier molecular flexibility index (Phi) is 2.23. The summed E-state index contributed by atoms with van der Waals surface area (Å²) in [5.74, 6) is 0.728. The summed E-state index contributed by atoms with van der Waals surface area (Å²) in [6.45, 7) is 2.83. The van der Waals surface area contributed by atoms with E-state index in [1.54, 1.807) is 6.20 Å². The molecule has 5 heteroatoms. The zero-order valence-corrected chi connectivity index (χ0v) is 10.7. The van der Waals surface area contributed by atoms with E-state index in [1.165, 1.54) is 16.8 Å². The molecule has 0 radical (unpaired) electrons. The van der Waals surface area contributed by atoms with E-state index in [4.69, 9.17) is 0 Å². The van der Waals surface area contributed by atoms with Crippen LogP contribution in [-0.2, 0) is 6.54 Å². The third kappa shape index (κ3) is 1.44. The lowest BCUT2D eigenvalue weighted by molar-refractivity contribution is 0.456. The van der Waals surface area contributed by atoms with Crippen LogP contribution in [0.2, 0.25) is 0 Å². The van der Waals surface area contributed by atoms with E-state index in [0.29, 0.717) is 5.95 Å². The molecule has 2 N–H and O–H groups in total. The van der Waals surface area contributed by atoms with Gasteiger partial charge in [-0.25, -0.2) is 0 Å². The first kappa shape index (κ1) is 11.0. The first-order chi connectivity index (χ1) is 8.58. The van der Waals surface area contributed by atoms with E-state index in [2.05, 4.69) is 34.3 Å². The number of rotatable bonds is 1. The lowest BCUT2D eigenvalue weighted by atomic mass is 10.0. The molecule has 0 bridgehead atoms. The van der Waals surface area contributed by atoms with Crippen molar-refractivity contribution in [2.45, 2.75) is 13.5 Å². The molecule has 0 spiro atoms. The maximum absolute atomic E-state index is 9.50. The van der Waals surface area contributed by atoms with Crippen molar-refractivity contribution in [2.75, 3.05) is 24.3 Å². The van der Waals surface area contributed by atoms with Crippen LogP contribution in [0, 0.1) is 6.92 Å². The van der Waals surface area contributed by atoms with Crippen LogP contribution >= 0.6 is 0 Å². The van der Waals surface area contributed by atoms with Crippen LogP contribution in [0.3, 0.4) is 0 Å². The van der Waals surface area contributed by atoms with Gasteiger partial charge in [-0.3, -0.25) is 4.57 Å². The summed E-state index contributed by atoms with van der Waals surface area (Å²) in [6, 6.07) is 4.17. The molecule has 0 amide bonds. The first-order valence-corrected chi connectivity index (χ1v) is 5.90. The summed E-state index contributed by atoms with van der Waals surface area (Å²) < 4.78 is 1.89. The average molecular weight is 244 g/mol. The van der Waals surface area contributed by atoms with Gasteiger partial charge < -0.3 is 15.3 Å². The molecule has 18 heavy (non-hydrogen) atoms. The summed E-state index contributed by atoms with van der Waals surface area (Å²) in [4.78, 5) is 6.16. The molecular weight excluding hydrogens is 228 g/mol. The molecule has 1 aromatic carbocycles. The molecular formula is C13H16N4O. The Morgan fingerprint density at radius 2 is 2.17 bits per heavy atom. The van der Waals surface area contributed by atoms with Gasteiger partial charge in [-0.05, 0) is 18.6 Å². The van der Waals surface area contributed by atoms with Crippen LogP contribution in [0.1, 0.15) is 11.1 Å². The molecule has 0 unspecified atom stereocenters. The number of aryl methyl sites for hydroxylation is 1. The van der Waals surface area contributed by atoms with Crippen LogP contribution in [0.5, 0.6) is 5.88 Å². The van der Waals surface area contributed by atoms with Gasteiger partial charge in [-0.1, -0.05) is 6.07 Å². The van der Waals surface area contributed by atoms with Crippen LogP contribution in [0.25, 0.3) is 5.69 Å². The van der Waals surface area contributed by atoms with Crippen molar-refractivity contribution in [3.05, 3.63) is 29.5 Å². The second kappa shape index (κ2) is 3.66. The Labute approximate surface area is 106 Å². The minimum atomic E-state index is 0.0392. The van der Waals surface area contributed by atoms with E-state index in [0.717, 1.165) is 12.2 Å². The predicted octanol–water partition coefficient (Wildman–Crippen LogP) is 1.88. The summed E-state index contributed by atoms with van der Waals surface area (Å²) in [7, 11) is 4.09. The number of hydrogen-bond acceptors (Lipinski definition) is 4. The number of hydrogen-bond donors (Lipinski definition) is 2. The number of nitrogens with zero attached hydrogens (tertiary/aromatic N) is 3. The lowest BCUT2D eigenvalue weighted by Gasteiger charge is -2.27. The highest BCUT2D eigenvalue weighted by Crippen LogP contribution is 2.35. The van der Waals surface area contributed by atoms with E-state index in [-0.39, 0.29) is 5.88 Å². The number of benzene rings is 1. The monoisotopic (exact) mass is 244 g/mol. The second-order valence-corrected chi connectivity index (χ2v) is 4.77. The molecule has 3 rings (SSSR count). The van der Waals surface area contributed by atoms with E-state index >= 15 is 0 Å². The van der Waals surface area contributed by atoms with Crippen molar-refractivity contribution < 1.29 is 5.11 Å². The Balaban J connectivity index is 2.27. The third-order valence-corrected chi connectivity index (χ3v) is 3.28. The summed E-state index contributed by atoms with van der Waals surface area (Å²) in [5.41, 5.74) is 4.77. The molecule has 94 valence electrons. The highest BCUT2D eigenvalue weighted by molar-refractivity contribution is 5.69. The van der Waals surface area contributed by atoms with Crippen molar-refractivity contribution in [3.8, 4) is 11.6 Å². The topological polar surface area (TPSA) is 53.3 Å². The second-order valence-electron chi connectivity index (χ2n) is 4.77. The summed E-state index contributed by atoms with van der Waals surface area (Å²) in [5, 5.41) is 12.7. The maximum atomic E-state index is 9.50. The van der Waals surface area contributed by atoms with Crippen LogP contribution in [0.15, 0.2) is 18.3 Å². The van der Waals surface area contributed by atoms with E-state index in [1.807, 2.05) is 18.7 Å². The van der Waals surface area contributed by atoms with E-state index in [9.17, 15) is 5.11 Å². The summed E-state index contributed by atoms with van der Waals surface area (Å²) in [6.07, 6.45) is 1.63. The fourth-order valence-electron chi connectivity index (χ4n) is 2.61. The quantitative estimate of drug-likeness (QED) is 0.804. The van der Waals surface area contributed by atoms with Crippen molar-refractivity contribution in [3.63, 3.8) is 0 Å². The van der Waals surface area contributed by atoms with Gasteiger partial charge >= 0.3 is 0 Å². The van der Waals surface area contributed by atoms with Crippen molar-refractivity contribution in [1.29, 1.82) is 0 Å². The van der Waals surface area contributed by atoms with Gasteiger partial charge in [0.25, 0.3) is 0 Å². The van der Waals surface area contributed by atoms with Gasteiger partial charge in [-0.2, -0.15) is 4.98 Å². The minimum absolute atomic E-state index is 0.0392. The Morgan fingerprint density at radius 1 is 1.39 bits per heavy atom. The lowest BCUT2D eigenvalue weighted by Crippen LogP contribution is -2.20. The van der Waals surface area contributed by atoms with Crippen molar-refractivity contribution >= 4 is 11.6 Å². The van der Waals surface area contributed by atoms with Gasteiger partial charge in [0, 0.05) is 31.9 Å². The average Bonchev–Trinajstić information content (AvgIpc) is 2.68. The van der Waals surface area contributed by atoms with Gasteiger partial charge in [0.15, 0.2) is 0 Å². The first-order valence-electron chi connectivity index (χ1n) is 5.90. The van der Waals surface area contributed by atoms with Crippen LogP contribution < -0.4 is 10.2 Å².